The van der Waals surface area contributed by atoms with Crippen LogP contribution in [-0.4, -0.2) is 37.2 Å². The lowest BCUT2D eigenvalue weighted by Crippen LogP contribution is -2.37. The molecule has 0 saturated carbocycles. The van der Waals surface area contributed by atoms with Crippen LogP contribution in [0, 0.1) is 18.3 Å². The maximum atomic E-state index is 12.3. The average Bonchev–Trinajstić information content (AvgIpc) is 2.55. The SMILES string of the molecule is Cc1cc2c(nc1NC(=O)CC(C)(C)C)CCCN2CC1CCCOC1. The lowest BCUT2D eigenvalue weighted by Gasteiger charge is -2.35. The Hall–Kier alpha value is -1.62. The van der Waals surface area contributed by atoms with E-state index in [1.807, 2.05) is 6.92 Å². The third kappa shape index (κ3) is 4.97. The number of nitrogens with one attached hydrogen (secondary N) is 1. The number of carbonyl (C=O) groups is 1. The van der Waals surface area contributed by atoms with Crippen LogP contribution in [-0.2, 0) is 16.0 Å². The van der Waals surface area contributed by atoms with Crippen LogP contribution in [0.2, 0.25) is 0 Å². The molecule has 0 bridgehead atoms. The number of amides is 1. The van der Waals surface area contributed by atoms with E-state index >= 15 is 0 Å². The Labute approximate surface area is 157 Å². The van der Waals surface area contributed by atoms with Crippen LogP contribution in [0.3, 0.4) is 0 Å². The number of aromatic nitrogens is 1. The van der Waals surface area contributed by atoms with Gasteiger partial charge in [0.15, 0.2) is 0 Å². The van der Waals surface area contributed by atoms with Gasteiger partial charge in [0.2, 0.25) is 5.91 Å². The second-order valence-electron chi connectivity index (χ2n) is 9.04. The molecule has 1 amide bonds. The summed E-state index contributed by atoms with van der Waals surface area (Å²) in [6, 6.07) is 2.21. The normalized spacial score (nSPS) is 20.6. The number of ether oxygens (including phenoxy) is 1. The van der Waals surface area contributed by atoms with Gasteiger partial charge >= 0.3 is 0 Å². The predicted octanol–water partition coefficient (Wildman–Crippen LogP) is 3.94. The van der Waals surface area contributed by atoms with Crippen molar-refractivity contribution in [3.05, 3.63) is 17.3 Å². The highest BCUT2D eigenvalue weighted by Crippen LogP contribution is 2.31. The van der Waals surface area contributed by atoms with Gasteiger partial charge in [-0.25, -0.2) is 4.98 Å². The molecular weight excluding hydrogens is 326 g/mol. The average molecular weight is 360 g/mol. The molecular formula is C21H33N3O2. The van der Waals surface area contributed by atoms with Crippen molar-refractivity contribution in [1.82, 2.24) is 4.98 Å². The van der Waals surface area contributed by atoms with Gasteiger partial charge in [-0.1, -0.05) is 20.8 Å². The molecule has 26 heavy (non-hydrogen) atoms. The molecule has 1 aromatic heterocycles. The molecule has 144 valence electrons. The van der Waals surface area contributed by atoms with E-state index in [0.29, 0.717) is 12.3 Å². The van der Waals surface area contributed by atoms with Crippen molar-refractivity contribution in [3.8, 4) is 0 Å². The molecule has 1 aromatic rings. The van der Waals surface area contributed by atoms with Crippen LogP contribution < -0.4 is 10.2 Å². The topological polar surface area (TPSA) is 54.5 Å². The quantitative estimate of drug-likeness (QED) is 0.884. The van der Waals surface area contributed by atoms with Crippen molar-refractivity contribution in [2.75, 3.05) is 36.5 Å². The fourth-order valence-corrected chi connectivity index (χ4v) is 3.89. The Kier molecular flexibility index (Phi) is 5.86. The van der Waals surface area contributed by atoms with Crippen LogP contribution in [0.4, 0.5) is 11.5 Å². The van der Waals surface area contributed by atoms with E-state index in [2.05, 4.69) is 37.1 Å². The third-order valence-electron chi connectivity index (χ3n) is 5.13. The monoisotopic (exact) mass is 359 g/mol. The van der Waals surface area contributed by atoms with E-state index in [1.165, 1.54) is 18.5 Å². The van der Waals surface area contributed by atoms with Crippen LogP contribution in [0.1, 0.15) is 57.7 Å². The van der Waals surface area contributed by atoms with Crippen molar-refractivity contribution < 1.29 is 9.53 Å². The maximum absolute atomic E-state index is 12.3. The largest absolute Gasteiger partial charge is 0.381 e. The zero-order valence-corrected chi connectivity index (χ0v) is 16.7. The Morgan fingerprint density at radius 1 is 1.38 bits per heavy atom. The Balaban J connectivity index is 1.73. The summed E-state index contributed by atoms with van der Waals surface area (Å²) in [5.41, 5.74) is 3.38. The number of carbonyl (C=O) groups excluding carboxylic acids is 1. The van der Waals surface area contributed by atoms with Crippen molar-refractivity contribution in [2.45, 2.75) is 59.8 Å². The van der Waals surface area contributed by atoms with E-state index in [-0.39, 0.29) is 11.3 Å². The molecule has 1 atom stereocenters. The first-order valence-corrected chi connectivity index (χ1v) is 9.95. The molecule has 0 aromatic carbocycles. The molecule has 1 saturated heterocycles. The van der Waals surface area contributed by atoms with Crippen LogP contribution in [0.15, 0.2) is 6.07 Å². The molecule has 1 unspecified atom stereocenters. The van der Waals surface area contributed by atoms with Gasteiger partial charge in [-0.2, -0.15) is 0 Å². The first-order chi connectivity index (χ1) is 12.3. The molecule has 0 radical (unpaired) electrons. The predicted molar refractivity (Wildman–Crippen MR) is 106 cm³/mol. The summed E-state index contributed by atoms with van der Waals surface area (Å²) in [7, 11) is 0. The van der Waals surface area contributed by atoms with Gasteiger partial charge in [-0.3, -0.25) is 4.79 Å². The van der Waals surface area contributed by atoms with Crippen LogP contribution >= 0.6 is 0 Å². The fraction of sp³-hybridized carbons (Fsp3) is 0.714. The summed E-state index contributed by atoms with van der Waals surface area (Å²) in [4.78, 5) is 19.6. The molecule has 2 aliphatic heterocycles. The minimum atomic E-state index is -0.0228. The summed E-state index contributed by atoms with van der Waals surface area (Å²) in [6.45, 7) is 12.2. The molecule has 0 spiro atoms. The van der Waals surface area contributed by atoms with Gasteiger partial charge in [-0.05, 0) is 55.6 Å². The summed E-state index contributed by atoms with van der Waals surface area (Å²) < 4.78 is 5.65. The maximum Gasteiger partial charge on any atom is 0.226 e. The standard InChI is InChI=1S/C21H33N3O2/c1-15-11-18-17(22-20(15)23-19(25)12-21(2,3)4)8-5-9-24(18)13-16-7-6-10-26-14-16/h11,16H,5-10,12-14H2,1-4H3,(H,22,23,25). The van der Waals surface area contributed by atoms with E-state index < -0.39 is 0 Å². The van der Waals surface area contributed by atoms with Gasteiger partial charge < -0.3 is 15.0 Å². The molecule has 3 rings (SSSR count). The van der Waals surface area contributed by atoms with Gasteiger partial charge in [0.1, 0.15) is 5.82 Å². The number of pyridine rings is 1. The van der Waals surface area contributed by atoms with E-state index in [4.69, 9.17) is 9.72 Å². The van der Waals surface area contributed by atoms with Crippen molar-refractivity contribution >= 4 is 17.4 Å². The number of anilines is 2. The molecule has 2 aliphatic rings. The second kappa shape index (κ2) is 7.95. The smallest absolute Gasteiger partial charge is 0.226 e. The van der Waals surface area contributed by atoms with Gasteiger partial charge in [-0.15, -0.1) is 0 Å². The second-order valence-corrected chi connectivity index (χ2v) is 9.04. The fourth-order valence-electron chi connectivity index (χ4n) is 3.89. The van der Waals surface area contributed by atoms with Crippen LogP contribution in [0.25, 0.3) is 0 Å². The zero-order valence-electron chi connectivity index (χ0n) is 16.7. The molecule has 3 heterocycles. The minimum Gasteiger partial charge on any atom is -0.381 e. The molecule has 5 nitrogen and oxygen atoms in total. The third-order valence-corrected chi connectivity index (χ3v) is 5.13. The van der Waals surface area contributed by atoms with Crippen LogP contribution in [0.5, 0.6) is 0 Å². The van der Waals surface area contributed by atoms with E-state index in [1.54, 1.807) is 0 Å². The molecule has 1 N–H and O–H groups in total. The molecule has 0 aliphatic carbocycles. The first kappa shape index (κ1) is 19.2. The summed E-state index contributed by atoms with van der Waals surface area (Å²) in [6.07, 6.45) is 5.01. The number of aryl methyl sites for hydroxylation is 2. The number of nitrogens with zero attached hydrogens (tertiary/aromatic N) is 2. The Bertz CT molecular complexity index is 645. The van der Waals surface area contributed by atoms with Gasteiger partial charge in [0, 0.05) is 26.1 Å². The van der Waals surface area contributed by atoms with Crippen molar-refractivity contribution in [1.29, 1.82) is 0 Å². The van der Waals surface area contributed by atoms with Gasteiger partial charge in [0.25, 0.3) is 0 Å². The zero-order chi connectivity index (χ0) is 18.7. The minimum absolute atomic E-state index is 0.0228. The highest BCUT2D eigenvalue weighted by molar-refractivity contribution is 5.91. The van der Waals surface area contributed by atoms with Gasteiger partial charge in [0.05, 0.1) is 18.0 Å². The summed E-state index contributed by atoms with van der Waals surface area (Å²) >= 11 is 0. The molecule has 5 heteroatoms. The number of rotatable bonds is 4. The number of fused-ring (bicyclic) bond motifs is 1. The lowest BCUT2D eigenvalue weighted by molar-refractivity contribution is -0.117. The van der Waals surface area contributed by atoms with Crippen molar-refractivity contribution in [2.24, 2.45) is 11.3 Å². The Morgan fingerprint density at radius 3 is 2.88 bits per heavy atom. The summed E-state index contributed by atoms with van der Waals surface area (Å²) in [5.74, 6) is 1.38. The highest BCUT2D eigenvalue weighted by atomic mass is 16.5. The number of hydrogen-bond acceptors (Lipinski definition) is 4. The first-order valence-electron chi connectivity index (χ1n) is 9.95. The molecule has 1 fully saturated rings. The van der Waals surface area contributed by atoms with E-state index in [0.717, 1.165) is 56.2 Å². The Morgan fingerprint density at radius 2 is 2.19 bits per heavy atom. The highest BCUT2D eigenvalue weighted by Gasteiger charge is 2.24. The number of hydrogen-bond donors (Lipinski definition) is 1. The van der Waals surface area contributed by atoms with Crippen molar-refractivity contribution in [3.63, 3.8) is 0 Å². The lowest BCUT2D eigenvalue weighted by atomic mass is 9.92. The van der Waals surface area contributed by atoms with E-state index in [9.17, 15) is 4.79 Å². The summed E-state index contributed by atoms with van der Waals surface area (Å²) in [5, 5.41) is 3.02.